The van der Waals surface area contributed by atoms with E-state index in [2.05, 4.69) is 5.32 Å². The van der Waals surface area contributed by atoms with Crippen molar-refractivity contribution in [1.29, 1.82) is 0 Å². The average Bonchev–Trinajstić information content (AvgIpc) is 1.80. The summed E-state index contributed by atoms with van der Waals surface area (Å²) in [6, 6.07) is -0.461. The third-order valence-corrected chi connectivity index (χ3v) is 1.13. The molecule has 5 N–H and O–H groups in total. The molecule has 12 heavy (non-hydrogen) atoms. The second-order valence-corrected chi connectivity index (χ2v) is 3.50. The van der Waals surface area contributed by atoms with E-state index in [1.54, 1.807) is 6.92 Å². The van der Waals surface area contributed by atoms with Crippen LogP contribution in [-0.4, -0.2) is 24.0 Å². The van der Waals surface area contributed by atoms with Crippen molar-refractivity contribution in [2.75, 3.05) is 6.54 Å². The molecule has 4 nitrogen and oxygen atoms in total. The van der Waals surface area contributed by atoms with Gasteiger partial charge in [0, 0.05) is 12.1 Å². The molecule has 0 spiro atoms. The number of nitrogens with two attached hydrogens (primary N) is 2. The van der Waals surface area contributed by atoms with Gasteiger partial charge in [0.2, 0.25) is 5.91 Å². The Morgan fingerprint density at radius 3 is 2.25 bits per heavy atom. The Bertz CT molecular complexity index is 142. The van der Waals surface area contributed by atoms with Crippen LogP contribution in [0.25, 0.3) is 0 Å². The van der Waals surface area contributed by atoms with Crippen molar-refractivity contribution < 1.29 is 4.79 Å². The molecular formula is C7H18ClN3O. The number of halogens is 1. The fraction of sp³-hybridized carbons (Fsp3) is 0.857. The third kappa shape index (κ3) is 7.78. The van der Waals surface area contributed by atoms with E-state index in [0.717, 1.165) is 0 Å². The summed E-state index contributed by atoms with van der Waals surface area (Å²) in [6.07, 6.45) is 0. The van der Waals surface area contributed by atoms with Crippen molar-refractivity contribution in [3.8, 4) is 0 Å². The van der Waals surface area contributed by atoms with Gasteiger partial charge in [0.25, 0.3) is 0 Å². The Kier molecular flexibility index (Phi) is 6.34. The van der Waals surface area contributed by atoms with Gasteiger partial charge in [-0.1, -0.05) is 0 Å². The Labute approximate surface area is 79.5 Å². The number of amides is 1. The largest absolute Gasteiger partial charge is 0.353 e. The number of hydrogen-bond acceptors (Lipinski definition) is 3. The van der Waals surface area contributed by atoms with Crippen molar-refractivity contribution in [3.63, 3.8) is 0 Å². The highest BCUT2D eigenvalue weighted by molar-refractivity contribution is 5.85. The Morgan fingerprint density at radius 2 is 2.00 bits per heavy atom. The molecule has 0 aliphatic rings. The molecule has 0 saturated carbocycles. The predicted molar refractivity (Wildman–Crippen MR) is 52.2 cm³/mol. The second-order valence-electron chi connectivity index (χ2n) is 3.50. The van der Waals surface area contributed by atoms with Gasteiger partial charge in [0.15, 0.2) is 0 Å². The topological polar surface area (TPSA) is 81.1 Å². The standard InChI is InChI=1S/C7H17N3O.ClH/c1-5(8)6(11)10-4-7(2,3)9;/h5H,4,8-9H2,1-3H3,(H,10,11);1H/t5-;/m1./s1. The maximum Gasteiger partial charge on any atom is 0.236 e. The van der Waals surface area contributed by atoms with Gasteiger partial charge in [-0.05, 0) is 20.8 Å². The van der Waals surface area contributed by atoms with Crippen molar-refractivity contribution in [2.24, 2.45) is 11.5 Å². The molecule has 0 aliphatic heterocycles. The highest BCUT2D eigenvalue weighted by Crippen LogP contribution is 1.92. The quantitative estimate of drug-likeness (QED) is 0.574. The third-order valence-electron chi connectivity index (χ3n) is 1.13. The van der Waals surface area contributed by atoms with E-state index in [0.29, 0.717) is 6.54 Å². The molecule has 74 valence electrons. The summed E-state index contributed by atoms with van der Waals surface area (Å²) in [5.74, 6) is -0.163. The zero-order valence-electron chi connectivity index (χ0n) is 7.76. The highest BCUT2D eigenvalue weighted by Gasteiger charge is 2.13. The molecule has 0 bridgehead atoms. The fourth-order valence-electron chi connectivity index (χ4n) is 0.476. The summed E-state index contributed by atoms with van der Waals surface area (Å²) in [6.45, 7) is 5.77. The van der Waals surface area contributed by atoms with Crippen LogP contribution in [0.15, 0.2) is 0 Å². The second kappa shape index (κ2) is 5.35. The van der Waals surface area contributed by atoms with Crippen LogP contribution in [0.1, 0.15) is 20.8 Å². The van der Waals surface area contributed by atoms with Gasteiger partial charge in [-0.2, -0.15) is 0 Å². The Hall–Kier alpha value is -0.320. The zero-order chi connectivity index (χ0) is 9.07. The van der Waals surface area contributed by atoms with Crippen molar-refractivity contribution in [1.82, 2.24) is 5.32 Å². The van der Waals surface area contributed by atoms with Crippen molar-refractivity contribution in [2.45, 2.75) is 32.4 Å². The van der Waals surface area contributed by atoms with Crippen molar-refractivity contribution in [3.05, 3.63) is 0 Å². The summed E-state index contributed by atoms with van der Waals surface area (Å²) in [4.78, 5) is 10.9. The normalized spacial score (nSPS) is 13.1. The molecule has 0 aliphatic carbocycles. The maximum absolute atomic E-state index is 10.9. The molecule has 0 rings (SSSR count). The van der Waals surface area contributed by atoms with E-state index < -0.39 is 6.04 Å². The summed E-state index contributed by atoms with van der Waals surface area (Å²) < 4.78 is 0. The van der Waals surface area contributed by atoms with E-state index in [1.165, 1.54) is 0 Å². The van der Waals surface area contributed by atoms with Crippen LogP contribution in [-0.2, 0) is 4.79 Å². The molecule has 0 radical (unpaired) electrons. The number of carbonyl (C=O) groups excluding carboxylic acids is 1. The van der Waals surface area contributed by atoms with Crippen LogP contribution >= 0.6 is 12.4 Å². The highest BCUT2D eigenvalue weighted by atomic mass is 35.5. The van der Waals surface area contributed by atoms with Crippen LogP contribution in [0.4, 0.5) is 0 Å². The Morgan fingerprint density at radius 1 is 1.58 bits per heavy atom. The molecule has 0 aromatic rings. The summed E-state index contributed by atoms with van der Waals surface area (Å²) >= 11 is 0. The summed E-state index contributed by atoms with van der Waals surface area (Å²) in [5, 5.41) is 2.63. The predicted octanol–water partition coefficient (Wildman–Crippen LogP) is -0.391. The first-order chi connectivity index (χ1) is 4.83. The van der Waals surface area contributed by atoms with Gasteiger partial charge in [0.05, 0.1) is 6.04 Å². The first kappa shape index (κ1) is 14.2. The lowest BCUT2D eigenvalue weighted by Gasteiger charge is -2.19. The fourth-order valence-corrected chi connectivity index (χ4v) is 0.476. The lowest BCUT2D eigenvalue weighted by Crippen LogP contribution is -2.48. The average molecular weight is 196 g/mol. The minimum atomic E-state index is -0.461. The van der Waals surface area contributed by atoms with Crippen LogP contribution < -0.4 is 16.8 Å². The van der Waals surface area contributed by atoms with E-state index >= 15 is 0 Å². The minimum absolute atomic E-state index is 0. The number of carbonyl (C=O) groups is 1. The van der Waals surface area contributed by atoms with E-state index in [9.17, 15) is 4.79 Å². The van der Waals surface area contributed by atoms with E-state index in [-0.39, 0.29) is 23.9 Å². The zero-order valence-corrected chi connectivity index (χ0v) is 8.57. The van der Waals surface area contributed by atoms with Gasteiger partial charge in [-0.25, -0.2) is 0 Å². The maximum atomic E-state index is 10.9. The molecule has 1 amide bonds. The van der Waals surface area contributed by atoms with Crippen molar-refractivity contribution >= 4 is 18.3 Å². The number of hydrogen-bond donors (Lipinski definition) is 3. The molecular weight excluding hydrogens is 178 g/mol. The number of nitrogens with one attached hydrogen (secondary N) is 1. The number of rotatable bonds is 3. The van der Waals surface area contributed by atoms with E-state index in [1.807, 2.05) is 13.8 Å². The molecule has 1 atom stereocenters. The lowest BCUT2D eigenvalue weighted by molar-refractivity contribution is -0.122. The van der Waals surface area contributed by atoms with Crippen LogP contribution in [0.2, 0.25) is 0 Å². The van der Waals surface area contributed by atoms with Crippen LogP contribution in [0, 0.1) is 0 Å². The molecule has 5 heteroatoms. The smallest absolute Gasteiger partial charge is 0.236 e. The summed E-state index contributed by atoms with van der Waals surface area (Å²) in [7, 11) is 0. The Balaban J connectivity index is 0. The molecule has 0 unspecified atom stereocenters. The van der Waals surface area contributed by atoms with Gasteiger partial charge in [0.1, 0.15) is 0 Å². The SMILES string of the molecule is C[C@@H](N)C(=O)NCC(C)(C)N.Cl. The van der Waals surface area contributed by atoms with Crippen LogP contribution in [0.5, 0.6) is 0 Å². The van der Waals surface area contributed by atoms with Gasteiger partial charge in [-0.15, -0.1) is 12.4 Å². The van der Waals surface area contributed by atoms with E-state index in [4.69, 9.17) is 11.5 Å². The van der Waals surface area contributed by atoms with Gasteiger partial charge >= 0.3 is 0 Å². The van der Waals surface area contributed by atoms with Crippen LogP contribution in [0.3, 0.4) is 0 Å². The molecule has 0 aromatic heterocycles. The van der Waals surface area contributed by atoms with Gasteiger partial charge in [-0.3, -0.25) is 4.79 Å². The molecule has 0 heterocycles. The lowest BCUT2D eigenvalue weighted by atomic mass is 10.1. The monoisotopic (exact) mass is 195 g/mol. The molecule has 0 fully saturated rings. The summed E-state index contributed by atoms with van der Waals surface area (Å²) in [5.41, 5.74) is 10.6. The molecule has 0 aromatic carbocycles. The molecule has 0 saturated heterocycles. The first-order valence-electron chi connectivity index (χ1n) is 3.65. The minimum Gasteiger partial charge on any atom is -0.353 e. The van der Waals surface area contributed by atoms with Gasteiger partial charge < -0.3 is 16.8 Å². The first-order valence-corrected chi connectivity index (χ1v) is 3.65.